The zero-order valence-electron chi connectivity index (χ0n) is 18.6. The van der Waals surface area contributed by atoms with E-state index < -0.39 is 17.7 Å². The number of pyridine rings is 1. The zero-order valence-corrected chi connectivity index (χ0v) is 18.6. The number of aliphatic hydroxyl groups excluding tert-OH is 1. The summed E-state index contributed by atoms with van der Waals surface area (Å²) in [4.78, 5) is 31.6. The number of carbonyl (C=O) groups is 2. The summed E-state index contributed by atoms with van der Waals surface area (Å²) in [6.45, 7) is 6.23. The van der Waals surface area contributed by atoms with Crippen molar-refractivity contribution in [1.82, 2.24) is 9.88 Å². The van der Waals surface area contributed by atoms with Gasteiger partial charge in [0.2, 0.25) is 0 Å². The molecule has 1 fully saturated rings. The van der Waals surface area contributed by atoms with E-state index in [1.54, 1.807) is 48.5 Å². The van der Waals surface area contributed by atoms with Crippen LogP contribution in [0.4, 0.5) is 0 Å². The van der Waals surface area contributed by atoms with Crippen molar-refractivity contribution in [2.75, 3.05) is 13.2 Å². The van der Waals surface area contributed by atoms with Crippen LogP contribution in [0.1, 0.15) is 29.9 Å². The molecule has 1 saturated heterocycles. The summed E-state index contributed by atoms with van der Waals surface area (Å²) >= 11 is 0. The van der Waals surface area contributed by atoms with Crippen LogP contribution in [-0.4, -0.2) is 39.9 Å². The van der Waals surface area contributed by atoms with Crippen molar-refractivity contribution in [3.05, 3.63) is 96.2 Å². The van der Waals surface area contributed by atoms with E-state index >= 15 is 0 Å². The van der Waals surface area contributed by atoms with Gasteiger partial charge in [-0.2, -0.15) is 0 Å². The fourth-order valence-electron chi connectivity index (χ4n) is 3.86. The second kappa shape index (κ2) is 10.1. The Labute approximate surface area is 196 Å². The molecule has 3 heterocycles. The highest BCUT2D eigenvalue weighted by atomic mass is 16.5. The Morgan fingerprint density at radius 1 is 1.18 bits per heavy atom. The lowest BCUT2D eigenvalue weighted by Crippen LogP contribution is -2.29. The number of furan rings is 1. The summed E-state index contributed by atoms with van der Waals surface area (Å²) in [5, 5.41) is 11.1. The molecule has 4 rings (SSSR count). The van der Waals surface area contributed by atoms with E-state index in [0.29, 0.717) is 41.6 Å². The molecule has 174 valence electrons. The number of aromatic nitrogens is 1. The second-order valence-electron chi connectivity index (χ2n) is 7.48. The van der Waals surface area contributed by atoms with Crippen LogP contribution in [-0.2, 0) is 16.1 Å². The highest BCUT2D eigenvalue weighted by Gasteiger charge is 2.46. The molecule has 0 saturated carbocycles. The lowest BCUT2D eigenvalue weighted by molar-refractivity contribution is -0.140. The van der Waals surface area contributed by atoms with Gasteiger partial charge >= 0.3 is 0 Å². The van der Waals surface area contributed by atoms with Gasteiger partial charge in [-0.1, -0.05) is 18.7 Å². The van der Waals surface area contributed by atoms with Crippen molar-refractivity contribution in [2.24, 2.45) is 0 Å². The fraction of sp³-hybridized carbons (Fsp3) is 0.192. The Morgan fingerprint density at radius 2 is 1.97 bits per heavy atom. The van der Waals surface area contributed by atoms with E-state index in [4.69, 9.17) is 13.9 Å². The second-order valence-corrected chi connectivity index (χ2v) is 7.48. The predicted octanol–water partition coefficient (Wildman–Crippen LogP) is 4.26. The SMILES string of the molecule is C=CCOc1ccc(C2/C(=C(\O)c3ccncc3)C(=O)C(=O)N2Cc2ccco2)cc1OCC. The molecular weight excluding hydrogens is 436 g/mol. The smallest absolute Gasteiger partial charge is 0.296 e. The van der Waals surface area contributed by atoms with E-state index in [1.165, 1.54) is 23.6 Å². The largest absolute Gasteiger partial charge is 0.507 e. The normalized spacial score (nSPS) is 17.1. The van der Waals surface area contributed by atoms with Crippen molar-refractivity contribution in [3.8, 4) is 11.5 Å². The molecule has 0 spiro atoms. The molecule has 1 unspecified atom stereocenters. The molecule has 3 aromatic rings. The van der Waals surface area contributed by atoms with Gasteiger partial charge in [0.05, 0.1) is 31.0 Å². The Morgan fingerprint density at radius 3 is 2.65 bits per heavy atom. The Kier molecular flexibility index (Phi) is 6.77. The molecule has 0 radical (unpaired) electrons. The first-order valence-corrected chi connectivity index (χ1v) is 10.8. The Balaban J connectivity index is 1.86. The number of ether oxygens (including phenoxy) is 2. The van der Waals surface area contributed by atoms with Gasteiger partial charge in [0.15, 0.2) is 11.5 Å². The van der Waals surface area contributed by atoms with Crippen LogP contribution < -0.4 is 9.47 Å². The minimum Gasteiger partial charge on any atom is -0.507 e. The maximum atomic E-state index is 13.1. The van der Waals surface area contributed by atoms with Crippen LogP contribution in [0.15, 0.2) is 83.8 Å². The van der Waals surface area contributed by atoms with Gasteiger partial charge < -0.3 is 23.9 Å². The molecule has 34 heavy (non-hydrogen) atoms. The molecule has 1 aromatic carbocycles. The van der Waals surface area contributed by atoms with Gasteiger partial charge in [-0.05, 0) is 48.9 Å². The summed E-state index contributed by atoms with van der Waals surface area (Å²) < 4.78 is 16.9. The number of ketones is 1. The average molecular weight is 460 g/mol. The first kappa shape index (κ1) is 22.8. The van der Waals surface area contributed by atoms with Gasteiger partial charge in [0.1, 0.15) is 18.1 Å². The van der Waals surface area contributed by atoms with Crippen molar-refractivity contribution in [3.63, 3.8) is 0 Å². The number of benzene rings is 1. The minimum atomic E-state index is -0.870. The standard InChI is InChI=1S/C26H24N2O6/c1-3-13-34-20-8-7-18(15-21(20)32-4-2)23-22(24(29)17-9-11-27-12-10-17)25(30)26(31)28(23)16-19-6-5-14-33-19/h3,5-12,14-15,23,29H,1,4,13,16H2,2H3/b24-22+. The molecule has 0 aliphatic carbocycles. The number of Topliss-reactive ketones (excluding diaryl/α,β-unsaturated/α-hetero) is 1. The number of likely N-dealkylation sites (tertiary alicyclic amines) is 1. The average Bonchev–Trinajstić information content (AvgIpc) is 3.46. The van der Waals surface area contributed by atoms with Gasteiger partial charge in [-0.25, -0.2) is 0 Å². The predicted molar refractivity (Wildman–Crippen MR) is 124 cm³/mol. The molecule has 1 atom stereocenters. The molecule has 0 bridgehead atoms. The third kappa shape index (κ3) is 4.43. The monoisotopic (exact) mass is 460 g/mol. The van der Waals surface area contributed by atoms with Crippen molar-refractivity contribution in [2.45, 2.75) is 19.5 Å². The highest BCUT2D eigenvalue weighted by molar-refractivity contribution is 6.46. The van der Waals surface area contributed by atoms with Crippen molar-refractivity contribution in [1.29, 1.82) is 0 Å². The molecule has 2 aromatic heterocycles. The summed E-state index contributed by atoms with van der Waals surface area (Å²) in [7, 11) is 0. The molecule has 1 aliphatic heterocycles. The van der Waals surface area contributed by atoms with Crippen molar-refractivity contribution >= 4 is 17.4 Å². The van der Waals surface area contributed by atoms with E-state index in [2.05, 4.69) is 11.6 Å². The first-order valence-electron chi connectivity index (χ1n) is 10.8. The third-order valence-corrected chi connectivity index (χ3v) is 5.34. The lowest BCUT2D eigenvalue weighted by atomic mass is 9.95. The molecule has 8 heteroatoms. The van der Waals surface area contributed by atoms with Crippen LogP contribution in [0.3, 0.4) is 0 Å². The van der Waals surface area contributed by atoms with Gasteiger partial charge in [0, 0.05) is 18.0 Å². The number of rotatable bonds is 9. The molecule has 1 aliphatic rings. The first-order chi connectivity index (χ1) is 16.5. The number of hydrogen-bond donors (Lipinski definition) is 1. The number of nitrogens with zero attached hydrogens (tertiary/aromatic N) is 2. The van der Waals surface area contributed by atoms with E-state index in [9.17, 15) is 14.7 Å². The van der Waals surface area contributed by atoms with Gasteiger partial charge in [-0.15, -0.1) is 0 Å². The van der Waals surface area contributed by atoms with E-state index in [1.807, 2.05) is 6.92 Å². The number of amides is 1. The summed E-state index contributed by atoms with van der Waals surface area (Å²) in [6.07, 6.45) is 6.12. The van der Waals surface area contributed by atoms with Crippen LogP contribution in [0, 0.1) is 0 Å². The van der Waals surface area contributed by atoms with Crippen molar-refractivity contribution < 1.29 is 28.6 Å². The lowest BCUT2D eigenvalue weighted by Gasteiger charge is -2.25. The summed E-state index contributed by atoms with van der Waals surface area (Å²) in [6, 6.07) is 10.9. The van der Waals surface area contributed by atoms with Crippen LogP contribution in [0.5, 0.6) is 11.5 Å². The minimum absolute atomic E-state index is 0.0232. The fourth-order valence-corrected chi connectivity index (χ4v) is 3.86. The van der Waals surface area contributed by atoms with Crippen LogP contribution in [0.25, 0.3) is 5.76 Å². The summed E-state index contributed by atoms with van der Waals surface area (Å²) in [5.74, 6) is -0.334. The topological polar surface area (TPSA) is 102 Å². The zero-order chi connectivity index (χ0) is 24.1. The van der Waals surface area contributed by atoms with Crippen LogP contribution in [0.2, 0.25) is 0 Å². The van der Waals surface area contributed by atoms with Crippen LogP contribution >= 0.6 is 0 Å². The summed E-state index contributed by atoms with van der Waals surface area (Å²) in [5.41, 5.74) is 0.938. The Hall–Kier alpha value is -4.33. The molecule has 1 N–H and O–H groups in total. The highest BCUT2D eigenvalue weighted by Crippen LogP contribution is 2.42. The molecule has 1 amide bonds. The Bertz CT molecular complexity index is 1220. The maximum Gasteiger partial charge on any atom is 0.296 e. The van der Waals surface area contributed by atoms with E-state index in [0.717, 1.165) is 0 Å². The number of aliphatic hydroxyl groups is 1. The van der Waals surface area contributed by atoms with Gasteiger partial charge in [0.25, 0.3) is 11.7 Å². The van der Waals surface area contributed by atoms with E-state index in [-0.39, 0.29) is 17.9 Å². The molecule has 8 nitrogen and oxygen atoms in total. The quantitative estimate of drug-likeness (QED) is 0.220. The maximum absolute atomic E-state index is 13.1. The third-order valence-electron chi connectivity index (χ3n) is 5.34. The number of hydrogen-bond acceptors (Lipinski definition) is 7. The van der Waals surface area contributed by atoms with Gasteiger partial charge in [-0.3, -0.25) is 14.6 Å². The number of carbonyl (C=O) groups excluding carboxylic acids is 2. The molecular formula is C26H24N2O6.